The molecule has 0 N–H and O–H groups in total. The van der Waals surface area contributed by atoms with Crippen LogP contribution in [0.5, 0.6) is 11.5 Å². The number of anilines is 2. The molecule has 0 unspecified atom stereocenters. The van der Waals surface area contributed by atoms with Crippen LogP contribution >= 0.6 is 0 Å². The maximum atomic E-state index is 5.93. The molecule has 0 bridgehead atoms. The summed E-state index contributed by atoms with van der Waals surface area (Å²) < 4.78 is 11.9. The summed E-state index contributed by atoms with van der Waals surface area (Å²) in [6, 6.07) is 34.3. The predicted octanol–water partition coefficient (Wildman–Crippen LogP) is 6.55. The summed E-state index contributed by atoms with van der Waals surface area (Å²) in [7, 11) is 0. The topological polar surface area (TPSA) is 24.9 Å². The average Bonchev–Trinajstić information content (AvgIpc) is 2.92. The summed E-state index contributed by atoms with van der Waals surface area (Å²) >= 11 is 0. The number of para-hydroxylation sites is 2. The van der Waals surface area contributed by atoms with Crippen molar-refractivity contribution in [1.82, 2.24) is 0 Å². The Morgan fingerprint density at radius 2 is 0.971 bits per heavy atom. The van der Waals surface area contributed by atoms with E-state index < -0.39 is 0 Å². The van der Waals surface area contributed by atoms with Crippen molar-refractivity contribution in [2.24, 2.45) is 0 Å². The Labute approximate surface area is 201 Å². The summed E-state index contributed by atoms with van der Waals surface area (Å²) in [5, 5.41) is 0. The molecule has 2 aliphatic rings. The lowest BCUT2D eigenvalue weighted by molar-refractivity contribution is 0.289. The molecule has 170 valence electrons. The highest BCUT2D eigenvalue weighted by atomic mass is 16.5. The highest BCUT2D eigenvalue weighted by Crippen LogP contribution is 2.32. The predicted molar refractivity (Wildman–Crippen MR) is 137 cm³/mol. The second-order valence-electron chi connectivity index (χ2n) is 9.06. The molecule has 0 spiro atoms. The number of hydrogen-bond acceptors (Lipinski definition) is 4. The zero-order chi connectivity index (χ0) is 22.9. The molecule has 2 aliphatic heterocycles. The van der Waals surface area contributed by atoms with Crippen LogP contribution in [0.4, 0.5) is 11.4 Å². The third kappa shape index (κ3) is 3.96. The van der Waals surface area contributed by atoms with Crippen LogP contribution in [0.1, 0.15) is 35.1 Å². The molecule has 0 amide bonds. The Morgan fingerprint density at radius 3 is 1.41 bits per heavy atom. The van der Waals surface area contributed by atoms with Gasteiger partial charge in [0.25, 0.3) is 0 Å². The first-order valence-electron chi connectivity index (χ1n) is 11.9. The van der Waals surface area contributed by atoms with Gasteiger partial charge in [-0.1, -0.05) is 67.6 Å². The zero-order valence-corrected chi connectivity index (χ0v) is 19.4. The summed E-state index contributed by atoms with van der Waals surface area (Å²) in [5.41, 5.74) is 7.45. The van der Waals surface area contributed by atoms with E-state index in [2.05, 4.69) is 89.5 Å². The maximum absolute atomic E-state index is 5.93. The molecule has 0 radical (unpaired) electrons. The maximum Gasteiger partial charge on any atom is 0.161 e. The van der Waals surface area contributed by atoms with Crippen LogP contribution < -0.4 is 19.3 Å². The van der Waals surface area contributed by atoms with Crippen molar-refractivity contribution in [3.63, 3.8) is 0 Å². The lowest BCUT2D eigenvalue weighted by atomic mass is 9.92. The van der Waals surface area contributed by atoms with Crippen molar-refractivity contribution in [2.45, 2.75) is 25.9 Å². The van der Waals surface area contributed by atoms with Gasteiger partial charge in [-0.25, -0.2) is 0 Å². The van der Waals surface area contributed by atoms with E-state index in [1.165, 1.54) is 33.6 Å². The minimum atomic E-state index is 0.319. The van der Waals surface area contributed by atoms with Crippen molar-refractivity contribution in [2.75, 3.05) is 23.3 Å². The molecule has 4 nitrogen and oxygen atoms in total. The molecular weight excluding hydrogens is 420 g/mol. The number of fused-ring (bicyclic) bond motifs is 2. The second kappa shape index (κ2) is 8.79. The zero-order valence-electron chi connectivity index (χ0n) is 19.4. The standard InChI is InChI=1S/C30H28N2O2/c1-22(23-10-14-27(15-11-23)31-18-25-6-2-4-8-29(25)33-20-31)24-12-16-28(17-13-24)32-19-26-7-3-5-9-30(26)34-21-32/h2-17,22H,18-21H2,1H3. The third-order valence-corrected chi connectivity index (χ3v) is 6.94. The molecular formula is C30H28N2O2. The van der Waals surface area contributed by atoms with Crippen LogP contribution in [0.2, 0.25) is 0 Å². The monoisotopic (exact) mass is 448 g/mol. The third-order valence-electron chi connectivity index (χ3n) is 6.94. The Balaban J connectivity index is 1.13. The highest BCUT2D eigenvalue weighted by molar-refractivity contribution is 5.54. The van der Waals surface area contributed by atoms with E-state index in [0.717, 1.165) is 24.6 Å². The Hall–Kier alpha value is -3.92. The van der Waals surface area contributed by atoms with E-state index in [4.69, 9.17) is 9.47 Å². The van der Waals surface area contributed by atoms with E-state index in [9.17, 15) is 0 Å². The Morgan fingerprint density at radius 1 is 0.559 bits per heavy atom. The van der Waals surface area contributed by atoms with Gasteiger partial charge in [0.05, 0.1) is 0 Å². The van der Waals surface area contributed by atoms with Gasteiger partial charge in [-0.15, -0.1) is 0 Å². The van der Waals surface area contributed by atoms with Crippen molar-refractivity contribution < 1.29 is 9.47 Å². The first-order valence-corrected chi connectivity index (χ1v) is 11.9. The molecule has 0 fully saturated rings. The average molecular weight is 449 g/mol. The number of ether oxygens (including phenoxy) is 2. The van der Waals surface area contributed by atoms with Gasteiger partial charge in [-0.2, -0.15) is 0 Å². The quantitative estimate of drug-likeness (QED) is 0.353. The highest BCUT2D eigenvalue weighted by Gasteiger charge is 2.19. The molecule has 4 aromatic rings. The van der Waals surface area contributed by atoms with Gasteiger partial charge in [0.2, 0.25) is 0 Å². The van der Waals surface area contributed by atoms with Crippen LogP contribution in [0.15, 0.2) is 97.1 Å². The van der Waals surface area contributed by atoms with Crippen LogP contribution in [0.25, 0.3) is 0 Å². The normalized spacial score (nSPS) is 14.8. The Kier molecular flexibility index (Phi) is 5.34. The van der Waals surface area contributed by atoms with Crippen molar-refractivity contribution >= 4 is 11.4 Å². The molecule has 4 aromatic carbocycles. The lowest BCUT2D eigenvalue weighted by Crippen LogP contribution is -2.31. The van der Waals surface area contributed by atoms with E-state index >= 15 is 0 Å². The minimum absolute atomic E-state index is 0.319. The van der Waals surface area contributed by atoms with E-state index in [1.54, 1.807) is 0 Å². The summed E-state index contributed by atoms with van der Waals surface area (Å²) in [6.07, 6.45) is 0. The van der Waals surface area contributed by atoms with E-state index in [1.807, 2.05) is 24.3 Å². The number of benzene rings is 4. The van der Waals surface area contributed by atoms with Gasteiger partial charge in [0.1, 0.15) is 11.5 Å². The molecule has 6 rings (SSSR count). The van der Waals surface area contributed by atoms with Gasteiger partial charge in [0, 0.05) is 41.5 Å². The summed E-state index contributed by atoms with van der Waals surface area (Å²) in [5.74, 6) is 2.31. The van der Waals surface area contributed by atoms with Crippen LogP contribution in [-0.4, -0.2) is 13.5 Å². The molecule has 0 saturated carbocycles. The van der Waals surface area contributed by atoms with Crippen molar-refractivity contribution in [1.29, 1.82) is 0 Å². The van der Waals surface area contributed by atoms with Gasteiger partial charge in [-0.3, -0.25) is 0 Å². The van der Waals surface area contributed by atoms with E-state index in [0.29, 0.717) is 19.4 Å². The van der Waals surface area contributed by atoms with Gasteiger partial charge in [-0.05, 0) is 47.5 Å². The Bertz CT molecular complexity index is 1180. The number of hydrogen-bond donors (Lipinski definition) is 0. The second-order valence-corrected chi connectivity index (χ2v) is 9.06. The fourth-order valence-electron chi connectivity index (χ4n) is 4.82. The smallest absolute Gasteiger partial charge is 0.161 e. The van der Waals surface area contributed by atoms with E-state index in [-0.39, 0.29) is 0 Å². The molecule has 0 aromatic heterocycles. The van der Waals surface area contributed by atoms with Crippen LogP contribution in [0.3, 0.4) is 0 Å². The first-order chi connectivity index (χ1) is 16.7. The van der Waals surface area contributed by atoms with Crippen LogP contribution in [-0.2, 0) is 13.1 Å². The summed E-state index contributed by atoms with van der Waals surface area (Å²) in [4.78, 5) is 4.54. The van der Waals surface area contributed by atoms with Gasteiger partial charge in [0.15, 0.2) is 13.5 Å². The molecule has 4 heteroatoms. The first kappa shape index (κ1) is 20.7. The minimum Gasteiger partial charge on any atom is -0.473 e. The fourth-order valence-corrected chi connectivity index (χ4v) is 4.82. The number of rotatable bonds is 4. The molecule has 0 atom stereocenters. The largest absolute Gasteiger partial charge is 0.473 e. The van der Waals surface area contributed by atoms with Crippen molar-refractivity contribution in [3.05, 3.63) is 119 Å². The van der Waals surface area contributed by atoms with Crippen molar-refractivity contribution in [3.8, 4) is 11.5 Å². The number of nitrogens with zero attached hydrogens (tertiary/aromatic N) is 2. The SMILES string of the molecule is CC(c1ccc(N2COc3ccccc3C2)cc1)c1ccc(N2COc3ccccc3C2)cc1. The lowest BCUT2D eigenvalue weighted by Gasteiger charge is -2.31. The molecule has 34 heavy (non-hydrogen) atoms. The molecule has 2 heterocycles. The molecule has 0 saturated heterocycles. The van der Waals surface area contributed by atoms with Crippen LogP contribution in [0, 0.1) is 0 Å². The molecule has 0 aliphatic carbocycles. The summed E-state index contributed by atoms with van der Waals surface area (Å²) in [6.45, 7) is 5.18. The van der Waals surface area contributed by atoms with Gasteiger partial charge >= 0.3 is 0 Å². The van der Waals surface area contributed by atoms with Gasteiger partial charge < -0.3 is 19.3 Å². The fraction of sp³-hybridized carbons (Fsp3) is 0.200.